The minimum atomic E-state index is -0.512. The summed E-state index contributed by atoms with van der Waals surface area (Å²) in [6.07, 6.45) is 3.84. The molecule has 13 heteroatoms. The number of carbonyl (C=O) groups is 2. The van der Waals surface area contributed by atoms with Crippen LogP contribution in [-0.4, -0.2) is 90.5 Å². The number of hydrogen-bond donors (Lipinski definition) is 3. The highest BCUT2D eigenvalue weighted by atomic mass is 16.5. The number of benzene rings is 1. The van der Waals surface area contributed by atoms with Gasteiger partial charge in [0, 0.05) is 50.3 Å². The summed E-state index contributed by atoms with van der Waals surface area (Å²) < 4.78 is 19.1. The molecule has 42 heavy (non-hydrogen) atoms. The topological polar surface area (TPSA) is 144 Å². The Hall–Kier alpha value is -4.49. The lowest BCUT2D eigenvalue weighted by molar-refractivity contribution is 0.0357. The predicted molar refractivity (Wildman–Crippen MR) is 158 cm³/mol. The summed E-state index contributed by atoms with van der Waals surface area (Å²) in [5, 5.41) is 9.53. The molecular formula is C29H36N8O5. The minimum absolute atomic E-state index is 0.200. The van der Waals surface area contributed by atoms with E-state index in [-0.39, 0.29) is 17.2 Å². The Labute approximate surface area is 243 Å². The summed E-state index contributed by atoms with van der Waals surface area (Å²) in [5.41, 5.74) is 1.05. The molecule has 2 aliphatic heterocycles. The number of carbonyl (C=O) groups excluding carboxylic acids is 2. The normalized spacial score (nSPS) is 15.9. The van der Waals surface area contributed by atoms with E-state index in [4.69, 9.17) is 19.2 Å². The van der Waals surface area contributed by atoms with Crippen LogP contribution < -0.4 is 31.0 Å². The number of rotatable bonds is 10. The summed E-state index contributed by atoms with van der Waals surface area (Å²) >= 11 is 0. The van der Waals surface area contributed by atoms with Gasteiger partial charge in [-0.2, -0.15) is 4.99 Å². The molecular weight excluding hydrogens is 540 g/mol. The average Bonchev–Trinajstić information content (AvgIpc) is 3.50. The molecule has 3 aromatic rings. The van der Waals surface area contributed by atoms with Crippen molar-refractivity contribution in [2.75, 3.05) is 63.7 Å². The van der Waals surface area contributed by atoms with E-state index in [9.17, 15) is 9.59 Å². The first-order chi connectivity index (χ1) is 20.5. The van der Waals surface area contributed by atoms with Crippen LogP contribution in [0, 0.1) is 0 Å². The van der Waals surface area contributed by atoms with Crippen LogP contribution in [0.25, 0.3) is 10.9 Å². The molecule has 0 aliphatic carbocycles. The van der Waals surface area contributed by atoms with Gasteiger partial charge >= 0.3 is 6.03 Å². The maximum absolute atomic E-state index is 13.1. The standard InChI is InChI=1S/C29H36N8O5/c1-4-19(2)32-29(39)33-23-9-6-20(18-31-23)27(38)35-28-34-24-21(26-30-10-12-37(26)28)7-8-22(25(24)40-3)42-15-5-11-36-13-16-41-17-14-36/h4,6-9,18-19,30H,1,5,10-17H2,2-3H3,(H2,31,32,33,39). The SMILES string of the molecule is C=CC(C)NC(=O)Nc1ccc(C(=O)N=c2nc3c(OC)c(OCCCN4CCOCC4)ccc3c3n2CCN3)cn1. The van der Waals surface area contributed by atoms with Crippen molar-refractivity contribution in [1.29, 1.82) is 0 Å². The second-order valence-corrected chi connectivity index (χ2v) is 9.96. The van der Waals surface area contributed by atoms with Gasteiger partial charge in [-0.05, 0) is 37.6 Å². The molecule has 222 valence electrons. The quantitative estimate of drug-likeness (QED) is 0.245. The number of anilines is 2. The van der Waals surface area contributed by atoms with Crippen molar-refractivity contribution in [3.63, 3.8) is 0 Å². The molecule has 1 unspecified atom stereocenters. The maximum Gasteiger partial charge on any atom is 0.320 e. The Balaban J connectivity index is 1.36. The van der Waals surface area contributed by atoms with Crippen LogP contribution in [0.4, 0.5) is 16.4 Å². The first-order valence-corrected chi connectivity index (χ1v) is 14.0. The van der Waals surface area contributed by atoms with Crippen molar-refractivity contribution in [2.24, 2.45) is 4.99 Å². The van der Waals surface area contributed by atoms with Crippen LogP contribution in [0.3, 0.4) is 0 Å². The lowest BCUT2D eigenvalue weighted by atomic mass is 10.2. The van der Waals surface area contributed by atoms with Crippen LogP contribution in [0.2, 0.25) is 0 Å². The summed E-state index contributed by atoms with van der Waals surface area (Å²) in [7, 11) is 1.58. The molecule has 0 spiro atoms. The lowest BCUT2D eigenvalue weighted by Crippen LogP contribution is -2.37. The third-order valence-corrected chi connectivity index (χ3v) is 7.05. The Kier molecular flexibility index (Phi) is 9.29. The van der Waals surface area contributed by atoms with E-state index in [1.54, 1.807) is 32.2 Å². The van der Waals surface area contributed by atoms with Gasteiger partial charge in [-0.3, -0.25) is 19.6 Å². The second-order valence-electron chi connectivity index (χ2n) is 9.96. The van der Waals surface area contributed by atoms with Gasteiger partial charge in [0.25, 0.3) is 5.91 Å². The zero-order valence-electron chi connectivity index (χ0n) is 23.9. The summed E-state index contributed by atoms with van der Waals surface area (Å²) in [4.78, 5) is 40.8. The number of morpholine rings is 1. The van der Waals surface area contributed by atoms with Gasteiger partial charge < -0.3 is 24.8 Å². The fourth-order valence-corrected chi connectivity index (χ4v) is 4.81. The average molecular weight is 577 g/mol. The summed E-state index contributed by atoms with van der Waals surface area (Å²) in [5.74, 6) is 1.66. The molecule has 3 amide bonds. The molecule has 3 N–H and O–H groups in total. The third kappa shape index (κ3) is 6.69. The van der Waals surface area contributed by atoms with Gasteiger partial charge in [0.05, 0.1) is 32.5 Å². The van der Waals surface area contributed by atoms with Crippen LogP contribution in [-0.2, 0) is 11.3 Å². The Morgan fingerprint density at radius 3 is 2.81 bits per heavy atom. The van der Waals surface area contributed by atoms with Gasteiger partial charge in [0.15, 0.2) is 11.5 Å². The van der Waals surface area contributed by atoms with E-state index >= 15 is 0 Å². The van der Waals surface area contributed by atoms with Crippen molar-refractivity contribution >= 4 is 34.5 Å². The highest BCUT2D eigenvalue weighted by molar-refractivity contribution is 5.97. The van der Waals surface area contributed by atoms with Crippen molar-refractivity contribution in [3.05, 3.63) is 54.3 Å². The molecule has 4 heterocycles. The molecule has 1 fully saturated rings. The number of fused-ring (bicyclic) bond motifs is 3. The Bertz CT molecular complexity index is 1520. The third-order valence-electron chi connectivity index (χ3n) is 7.05. The van der Waals surface area contributed by atoms with Gasteiger partial charge in [-0.1, -0.05) is 6.08 Å². The zero-order chi connectivity index (χ0) is 29.5. The van der Waals surface area contributed by atoms with Crippen LogP contribution in [0.15, 0.2) is 48.1 Å². The number of pyridine rings is 1. The van der Waals surface area contributed by atoms with Crippen molar-refractivity contribution in [3.8, 4) is 11.5 Å². The van der Waals surface area contributed by atoms with E-state index in [0.717, 1.165) is 50.5 Å². The molecule has 2 aliphatic rings. The minimum Gasteiger partial charge on any atom is -0.491 e. The van der Waals surface area contributed by atoms with Crippen molar-refractivity contribution < 1.29 is 23.8 Å². The van der Waals surface area contributed by atoms with Gasteiger partial charge in [0.2, 0.25) is 5.62 Å². The largest absolute Gasteiger partial charge is 0.491 e. The zero-order valence-corrected chi connectivity index (χ0v) is 23.9. The number of aromatic nitrogens is 3. The highest BCUT2D eigenvalue weighted by Gasteiger charge is 2.21. The fraction of sp³-hybridized carbons (Fsp3) is 0.414. The number of urea groups is 1. The maximum atomic E-state index is 13.1. The number of amides is 3. The van der Waals surface area contributed by atoms with Crippen molar-refractivity contribution in [1.82, 2.24) is 24.8 Å². The lowest BCUT2D eigenvalue weighted by Gasteiger charge is -2.26. The number of hydrogen-bond acceptors (Lipinski definition) is 9. The molecule has 1 atom stereocenters. The van der Waals surface area contributed by atoms with Gasteiger partial charge in [-0.15, -0.1) is 6.58 Å². The van der Waals surface area contributed by atoms with Gasteiger partial charge in [-0.25, -0.2) is 14.8 Å². The monoisotopic (exact) mass is 576 g/mol. The Morgan fingerprint density at radius 2 is 2.07 bits per heavy atom. The molecule has 1 aromatic carbocycles. The molecule has 0 bridgehead atoms. The first-order valence-electron chi connectivity index (χ1n) is 14.0. The van der Waals surface area contributed by atoms with E-state index in [0.29, 0.717) is 42.5 Å². The van der Waals surface area contributed by atoms with Crippen LogP contribution in [0.5, 0.6) is 11.5 Å². The van der Waals surface area contributed by atoms with E-state index in [2.05, 4.69) is 37.4 Å². The molecule has 0 saturated carbocycles. The highest BCUT2D eigenvalue weighted by Crippen LogP contribution is 2.37. The van der Waals surface area contributed by atoms with Crippen LogP contribution >= 0.6 is 0 Å². The number of ether oxygens (including phenoxy) is 3. The summed E-state index contributed by atoms with van der Waals surface area (Å²) in [6.45, 7) is 11.6. The van der Waals surface area contributed by atoms with E-state index in [1.165, 1.54) is 6.20 Å². The fourth-order valence-electron chi connectivity index (χ4n) is 4.81. The molecule has 2 aromatic heterocycles. The Morgan fingerprint density at radius 1 is 1.24 bits per heavy atom. The second kappa shape index (κ2) is 13.4. The van der Waals surface area contributed by atoms with Crippen molar-refractivity contribution in [2.45, 2.75) is 25.9 Å². The van der Waals surface area contributed by atoms with Gasteiger partial charge in [0.1, 0.15) is 17.2 Å². The molecule has 0 radical (unpaired) electrons. The predicted octanol–water partition coefficient (Wildman–Crippen LogP) is 2.40. The van der Waals surface area contributed by atoms with E-state index in [1.807, 2.05) is 16.7 Å². The molecule has 1 saturated heterocycles. The first kappa shape index (κ1) is 29.0. The summed E-state index contributed by atoms with van der Waals surface area (Å²) in [6, 6.07) is 6.31. The molecule has 5 rings (SSSR count). The smallest absolute Gasteiger partial charge is 0.320 e. The number of methoxy groups -OCH3 is 1. The number of nitrogens with one attached hydrogen (secondary N) is 3. The molecule has 13 nitrogen and oxygen atoms in total. The van der Waals surface area contributed by atoms with E-state index < -0.39 is 11.9 Å². The van der Waals surface area contributed by atoms with Crippen LogP contribution in [0.1, 0.15) is 23.7 Å². The number of nitrogens with zero attached hydrogens (tertiary/aromatic N) is 5.